The zero-order valence-electron chi connectivity index (χ0n) is 14.9. The van der Waals surface area contributed by atoms with Crippen LogP contribution >= 0.6 is 23.4 Å². The highest BCUT2D eigenvalue weighted by molar-refractivity contribution is 7.99. The Morgan fingerprint density at radius 1 is 1.18 bits per heavy atom. The summed E-state index contributed by atoms with van der Waals surface area (Å²) in [7, 11) is 0. The topological polar surface area (TPSA) is 47.0 Å². The van der Waals surface area contributed by atoms with Gasteiger partial charge in [-0.15, -0.1) is 11.8 Å². The highest BCUT2D eigenvalue weighted by atomic mass is 35.5. The van der Waals surface area contributed by atoms with Crippen molar-refractivity contribution >= 4 is 29.2 Å². The molecule has 0 unspecified atom stereocenters. The van der Waals surface area contributed by atoms with E-state index in [-0.39, 0.29) is 24.0 Å². The Kier molecular flexibility index (Phi) is 7.70. The first kappa shape index (κ1) is 22.5. The Bertz CT molecular complexity index is 820. The Morgan fingerprint density at radius 3 is 2.54 bits per heavy atom. The second kappa shape index (κ2) is 9.60. The Hall–Kier alpha value is -1.81. The highest BCUT2D eigenvalue weighted by Gasteiger charge is 2.27. The van der Waals surface area contributed by atoms with Gasteiger partial charge < -0.3 is 10.1 Å². The molecule has 0 fully saturated rings. The molecule has 0 spiro atoms. The molecule has 0 saturated carbocycles. The maximum absolute atomic E-state index is 12.8. The summed E-state index contributed by atoms with van der Waals surface area (Å²) < 4.78 is 68.5. The minimum absolute atomic E-state index is 0.0533. The van der Waals surface area contributed by atoms with Gasteiger partial charge >= 0.3 is 6.18 Å². The second-order valence-electron chi connectivity index (χ2n) is 5.78. The van der Waals surface area contributed by atoms with Gasteiger partial charge in [-0.3, -0.25) is 0 Å². The van der Waals surface area contributed by atoms with Crippen LogP contribution in [-0.4, -0.2) is 35.0 Å². The Morgan fingerprint density at radius 2 is 1.89 bits per heavy atom. The molecule has 0 amide bonds. The van der Waals surface area contributed by atoms with Crippen LogP contribution in [0.2, 0.25) is 5.02 Å². The Labute approximate surface area is 167 Å². The van der Waals surface area contributed by atoms with E-state index in [0.717, 1.165) is 17.5 Å². The summed E-state index contributed by atoms with van der Waals surface area (Å²) in [4.78, 5) is 7.71. The van der Waals surface area contributed by atoms with Crippen LogP contribution in [-0.2, 0) is 0 Å². The minimum atomic E-state index is -4.26. The minimum Gasteiger partial charge on any atom is -0.491 e. The van der Waals surface area contributed by atoms with E-state index in [0.29, 0.717) is 22.4 Å². The molecule has 2 aromatic rings. The first-order chi connectivity index (χ1) is 13.1. The fraction of sp³-hybridized carbons (Fsp3) is 0.412. The molecule has 154 valence electrons. The van der Waals surface area contributed by atoms with Crippen molar-refractivity contribution in [3.05, 3.63) is 40.3 Å². The molecule has 0 aliphatic carbocycles. The molecule has 0 radical (unpaired) electrons. The summed E-state index contributed by atoms with van der Waals surface area (Å²) in [5.74, 6) is -0.493. The smallest absolute Gasteiger partial charge is 0.398 e. The standard InChI is InChI=1S/C17H17ClF5N3OS/c1-9-5-10(2)12(28-7-17(21,22)23)6-11(9)27-4-3-24-16-13(18)14(15(19)20)25-8-26-16/h5-6,8,15H,3-4,7H2,1-2H3,(H,24,25,26). The molecule has 11 heteroatoms. The van der Waals surface area contributed by atoms with Crippen molar-refractivity contribution in [1.82, 2.24) is 9.97 Å². The van der Waals surface area contributed by atoms with Crippen LogP contribution < -0.4 is 10.1 Å². The lowest BCUT2D eigenvalue weighted by atomic mass is 10.1. The number of alkyl halides is 5. The van der Waals surface area contributed by atoms with Gasteiger partial charge in [0.15, 0.2) is 0 Å². The molecule has 28 heavy (non-hydrogen) atoms. The largest absolute Gasteiger partial charge is 0.491 e. The van der Waals surface area contributed by atoms with Crippen LogP contribution in [0.1, 0.15) is 23.2 Å². The van der Waals surface area contributed by atoms with Gasteiger partial charge in [-0.25, -0.2) is 18.7 Å². The fourth-order valence-corrected chi connectivity index (χ4v) is 3.32. The first-order valence-corrected chi connectivity index (χ1v) is 9.41. The van der Waals surface area contributed by atoms with Crippen LogP contribution in [0.25, 0.3) is 0 Å². The van der Waals surface area contributed by atoms with E-state index < -0.39 is 24.0 Å². The number of aromatic nitrogens is 2. The lowest BCUT2D eigenvalue weighted by Gasteiger charge is -2.15. The number of nitrogens with one attached hydrogen (secondary N) is 1. The third kappa shape index (κ3) is 6.37. The number of benzene rings is 1. The molecular weight excluding hydrogens is 425 g/mol. The van der Waals surface area contributed by atoms with E-state index in [9.17, 15) is 22.0 Å². The van der Waals surface area contributed by atoms with Gasteiger partial charge in [-0.05, 0) is 31.0 Å². The summed E-state index contributed by atoms with van der Waals surface area (Å²) in [6.07, 6.45) is -6.11. The van der Waals surface area contributed by atoms with E-state index in [1.807, 2.05) is 0 Å². The van der Waals surface area contributed by atoms with Crippen LogP contribution in [0.4, 0.5) is 27.8 Å². The number of anilines is 1. The normalized spacial score (nSPS) is 11.8. The molecule has 1 heterocycles. The molecular formula is C17H17ClF5N3OS. The monoisotopic (exact) mass is 441 g/mol. The van der Waals surface area contributed by atoms with Crippen molar-refractivity contribution in [3.63, 3.8) is 0 Å². The average molecular weight is 442 g/mol. The third-order valence-electron chi connectivity index (χ3n) is 3.54. The molecule has 0 bridgehead atoms. The SMILES string of the molecule is Cc1cc(C)c(SCC(F)(F)F)cc1OCCNc1ncnc(C(F)F)c1Cl. The summed E-state index contributed by atoms with van der Waals surface area (Å²) in [6, 6.07) is 3.31. The van der Waals surface area contributed by atoms with Gasteiger partial charge in [-0.1, -0.05) is 17.7 Å². The quantitative estimate of drug-likeness (QED) is 0.317. The van der Waals surface area contributed by atoms with Gasteiger partial charge in [0.25, 0.3) is 6.43 Å². The lowest BCUT2D eigenvalue weighted by Crippen LogP contribution is -2.14. The zero-order valence-corrected chi connectivity index (χ0v) is 16.5. The predicted octanol–water partition coefficient (Wildman–Crippen LogP) is 5.83. The number of aryl methyl sites for hydroxylation is 2. The fourth-order valence-electron chi connectivity index (χ4n) is 2.27. The second-order valence-corrected chi connectivity index (χ2v) is 7.18. The van der Waals surface area contributed by atoms with Gasteiger partial charge in [0, 0.05) is 4.90 Å². The lowest BCUT2D eigenvalue weighted by molar-refractivity contribution is -0.105. The van der Waals surface area contributed by atoms with E-state index in [4.69, 9.17) is 16.3 Å². The molecule has 0 atom stereocenters. The molecule has 4 nitrogen and oxygen atoms in total. The van der Waals surface area contributed by atoms with E-state index >= 15 is 0 Å². The zero-order chi connectivity index (χ0) is 20.9. The predicted molar refractivity (Wildman–Crippen MR) is 98.7 cm³/mol. The first-order valence-electron chi connectivity index (χ1n) is 8.04. The summed E-state index contributed by atoms with van der Waals surface area (Å²) in [6.45, 7) is 3.83. The van der Waals surface area contributed by atoms with Crippen molar-refractivity contribution in [2.75, 3.05) is 24.2 Å². The maximum Gasteiger partial charge on any atom is 0.398 e. The number of ether oxygens (including phenoxy) is 1. The number of rotatable bonds is 8. The van der Waals surface area contributed by atoms with Gasteiger partial charge in [-0.2, -0.15) is 13.2 Å². The van der Waals surface area contributed by atoms with Crippen molar-refractivity contribution in [2.45, 2.75) is 31.3 Å². The van der Waals surface area contributed by atoms with Gasteiger partial charge in [0.05, 0.1) is 12.3 Å². The van der Waals surface area contributed by atoms with Crippen LogP contribution in [0, 0.1) is 13.8 Å². The van der Waals surface area contributed by atoms with E-state index in [2.05, 4.69) is 15.3 Å². The van der Waals surface area contributed by atoms with Crippen molar-refractivity contribution in [1.29, 1.82) is 0 Å². The number of nitrogens with zero attached hydrogens (tertiary/aromatic N) is 2. The van der Waals surface area contributed by atoms with E-state index in [1.165, 1.54) is 0 Å². The number of halogens is 6. The Balaban J connectivity index is 1.97. The molecule has 1 aromatic carbocycles. The third-order valence-corrected chi connectivity index (χ3v) is 5.13. The van der Waals surface area contributed by atoms with Gasteiger partial charge in [0.1, 0.15) is 35.2 Å². The van der Waals surface area contributed by atoms with Gasteiger partial charge in [0.2, 0.25) is 0 Å². The van der Waals surface area contributed by atoms with E-state index in [1.54, 1.807) is 26.0 Å². The molecule has 1 N–H and O–H groups in total. The molecule has 1 aromatic heterocycles. The number of hydrogen-bond acceptors (Lipinski definition) is 5. The van der Waals surface area contributed by atoms with Crippen molar-refractivity contribution in [3.8, 4) is 5.75 Å². The summed E-state index contributed by atoms with van der Waals surface area (Å²) in [5.41, 5.74) is 0.930. The molecule has 2 rings (SSSR count). The summed E-state index contributed by atoms with van der Waals surface area (Å²) in [5, 5.41) is 2.50. The molecule has 0 aliphatic heterocycles. The highest BCUT2D eigenvalue weighted by Crippen LogP contribution is 2.34. The van der Waals surface area contributed by atoms with Crippen molar-refractivity contribution < 1.29 is 26.7 Å². The maximum atomic E-state index is 12.8. The summed E-state index contributed by atoms with van der Waals surface area (Å²) >= 11 is 6.52. The van der Waals surface area contributed by atoms with Crippen LogP contribution in [0.3, 0.4) is 0 Å². The number of thioether (sulfide) groups is 1. The molecule has 0 saturated heterocycles. The van der Waals surface area contributed by atoms with Crippen LogP contribution in [0.5, 0.6) is 5.75 Å². The van der Waals surface area contributed by atoms with Crippen molar-refractivity contribution in [2.24, 2.45) is 0 Å². The molecule has 0 aliphatic rings. The average Bonchev–Trinajstić information content (AvgIpc) is 2.59. The van der Waals surface area contributed by atoms with Crippen LogP contribution in [0.15, 0.2) is 23.4 Å². The number of hydrogen-bond donors (Lipinski definition) is 1.